The summed E-state index contributed by atoms with van der Waals surface area (Å²) >= 11 is 5.99. The Morgan fingerprint density at radius 2 is 2.12 bits per heavy atom. The summed E-state index contributed by atoms with van der Waals surface area (Å²) in [5.74, 6) is -2.99. The molecule has 3 rings (SSSR count). The Bertz CT molecular complexity index is 700. The fourth-order valence-electron chi connectivity index (χ4n) is 4.50. The van der Waals surface area contributed by atoms with Gasteiger partial charge in [-0.05, 0) is 19.3 Å². The number of carbonyl (C=O) groups is 2. The second-order valence-electron chi connectivity index (χ2n) is 7.52. The lowest BCUT2D eigenvalue weighted by molar-refractivity contribution is -0.155. The molecule has 0 radical (unpaired) electrons. The van der Waals surface area contributed by atoms with Crippen molar-refractivity contribution in [3.8, 4) is 0 Å². The number of fused-ring (bicyclic) bond motifs is 3. The van der Waals surface area contributed by atoms with Gasteiger partial charge in [-0.1, -0.05) is 25.3 Å². The van der Waals surface area contributed by atoms with Crippen molar-refractivity contribution < 1.29 is 29.3 Å². The van der Waals surface area contributed by atoms with Gasteiger partial charge < -0.3 is 19.7 Å². The highest BCUT2D eigenvalue weighted by molar-refractivity contribution is 6.18. The van der Waals surface area contributed by atoms with E-state index in [4.69, 9.17) is 21.1 Å². The summed E-state index contributed by atoms with van der Waals surface area (Å²) in [7, 11) is 0. The number of ether oxygens (including phenoxy) is 2. The predicted octanol–water partition coefficient (Wildman–Crippen LogP) is 1.50. The van der Waals surface area contributed by atoms with E-state index in [0.29, 0.717) is 5.57 Å². The van der Waals surface area contributed by atoms with E-state index in [1.165, 1.54) is 6.92 Å². The van der Waals surface area contributed by atoms with Gasteiger partial charge in [0.25, 0.3) is 0 Å². The Morgan fingerprint density at radius 3 is 2.69 bits per heavy atom. The van der Waals surface area contributed by atoms with Gasteiger partial charge in [0.2, 0.25) is 0 Å². The summed E-state index contributed by atoms with van der Waals surface area (Å²) in [6.45, 7) is 13.0. The van der Waals surface area contributed by atoms with Crippen LogP contribution in [-0.2, 0) is 19.1 Å². The van der Waals surface area contributed by atoms with E-state index in [1.807, 2.05) is 0 Å². The maximum atomic E-state index is 12.2. The highest BCUT2D eigenvalue weighted by Gasteiger charge is 2.64. The van der Waals surface area contributed by atoms with Gasteiger partial charge in [0.1, 0.15) is 17.8 Å². The van der Waals surface area contributed by atoms with E-state index in [9.17, 15) is 19.8 Å². The SMILES string of the molecule is C=C(C)C(=O)O[C@H]1CC(=C)C2C[C@@H](O)[C@@](O)(CCl)C2[C@H]2OC(=O)C(=C)C21. The molecular weight excluding hydrogens is 360 g/mol. The van der Waals surface area contributed by atoms with Gasteiger partial charge in [-0.25, -0.2) is 9.59 Å². The first-order chi connectivity index (χ1) is 12.1. The van der Waals surface area contributed by atoms with Gasteiger partial charge in [-0.2, -0.15) is 0 Å². The quantitative estimate of drug-likeness (QED) is 0.332. The average molecular weight is 383 g/mol. The molecule has 3 unspecified atom stereocenters. The normalized spacial score (nSPS) is 41.9. The summed E-state index contributed by atoms with van der Waals surface area (Å²) in [6, 6.07) is 0. The maximum Gasteiger partial charge on any atom is 0.334 e. The number of aliphatic hydroxyl groups is 2. The molecule has 0 amide bonds. The molecule has 6 nitrogen and oxygen atoms in total. The van der Waals surface area contributed by atoms with Crippen LogP contribution < -0.4 is 0 Å². The molecule has 0 aromatic carbocycles. The molecule has 1 saturated heterocycles. The van der Waals surface area contributed by atoms with Crippen LogP contribution in [0.2, 0.25) is 0 Å². The van der Waals surface area contributed by atoms with Crippen LogP contribution in [0.3, 0.4) is 0 Å². The molecule has 0 spiro atoms. The number of hydrogen-bond acceptors (Lipinski definition) is 6. The van der Waals surface area contributed by atoms with E-state index in [0.717, 1.165) is 0 Å². The Labute approximate surface area is 157 Å². The first kappa shape index (κ1) is 19.1. The van der Waals surface area contributed by atoms with Crippen molar-refractivity contribution in [1.29, 1.82) is 0 Å². The maximum absolute atomic E-state index is 12.2. The molecular formula is C19H23ClO6. The second kappa shape index (κ2) is 6.51. The largest absolute Gasteiger partial charge is 0.458 e. The van der Waals surface area contributed by atoms with E-state index in [-0.39, 0.29) is 35.8 Å². The topological polar surface area (TPSA) is 93.1 Å². The first-order valence-corrected chi connectivity index (χ1v) is 9.05. The highest BCUT2D eigenvalue weighted by Crippen LogP contribution is 2.55. The summed E-state index contributed by atoms with van der Waals surface area (Å²) in [5, 5.41) is 21.4. The zero-order valence-corrected chi connectivity index (χ0v) is 15.4. The lowest BCUT2D eigenvalue weighted by atomic mass is 9.76. The van der Waals surface area contributed by atoms with Crippen molar-refractivity contribution in [3.63, 3.8) is 0 Å². The first-order valence-electron chi connectivity index (χ1n) is 8.52. The van der Waals surface area contributed by atoms with Crippen LogP contribution in [0.5, 0.6) is 0 Å². The van der Waals surface area contributed by atoms with Crippen LogP contribution in [0.15, 0.2) is 36.5 Å². The van der Waals surface area contributed by atoms with E-state index in [2.05, 4.69) is 19.7 Å². The molecule has 1 aliphatic heterocycles. The van der Waals surface area contributed by atoms with Gasteiger partial charge in [0, 0.05) is 23.5 Å². The Morgan fingerprint density at radius 1 is 1.46 bits per heavy atom. The number of hydrogen-bond donors (Lipinski definition) is 2. The molecule has 7 atom stereocenters. The molecule has 0 aromatic rings. The minimum absolute atomic E-state index is 0.182. The summed E-state index contributed by atoms with van der Waals surface area (Å²) in [6.07, 6.45) is -2.04. The third-order valence-corrected chi connectivity index (χ3v) is 6.32. The highest BCUT2D eigenvalue weighted by atomic mass is 35.5. The lowest BCUT2D eigenvalue weighted by Crippen LogP contribution is -2.52. The Kier molecular flexibility index (Phi) is 4.80. The molecule has 0 aromatic heterocycles. The van der Waals surface area contributed by atoms with Gasteiger partial charge in [0.15, 0.2) is 0 Å². The average Bonchev–Trinajstić information content (AvgIpc) is 2.97. The standard InChI is InChI=1S/C19H23ClO6/c1-8(2)17(22)25-12-5-9(3)11-6-13(21)19(24,7-20)15(11)16-14(12)10(4)18(23)26-16/h11-16,21,24H,1,3-7H2,2H3/t11?,12-,13+,14?,15?,16-,19-/m0/s1. The van der Waals surface area contributed by atoms with Crippen molar-refractivity contribution >= 4 is 23.5 Å². The second-order valence-corrected chi connectivity index (χ2v) is 7.78. The van der Waals surface area contributed by atoms with Crippen LogP contribution in [0.4, 0.5) is 0 Å². The molecule has 1 heterocycles. The van der Waals surface area contributed by atoms with Crippen LogP contribution in [0.25, 0.3) is 0 Å². The molecule has 2 aliphatic carbocycles. The van der Waals surface area contributed by atoms with Gasteiger partial charge in [0.05, 0.1) is 17.9 Å². The number of halogens is 1. The minimum atomic E-state index is -1.63. The van der Waals surface area contributed by atoms with E-state index >= 15 is 0 Å². The van der Waals surface area contributed by atoms with Crippen LogP contribution >= 0.6 is 11.6 Å². The molecule has 2 saturated carbocycles. The fraction of sp³-hybridized carbons (Fsp3) is 0.579. The molecule has 3 fully saturated rings. The van der Waals surface area contributed by atoms with Gasteiger partial charge in [-0.3, -0.25) is 0 Å². The van der Waals surface area contributed by atoms with Crippen molar-refractivity contribution in [1.82, 2.24) is 0 Å². The smallest absolute Gasteiger partial charge is 0.334 e. The zero-order chi connectivity index (χ0) is 19.4. The monoisotopic (exact) mass is 382 g/mol. The molecule has 3 aliphatic rings. The lowest BCUT2D eigenvalue weighted by Gasteiger charge is -2.37. The van der Waals surface area contributed by atoms with Crippen LogP contribution in [0.1, 0.15) is 19.8 Å². The van der Waals surface area contributed by atoms with E-state index in [1.54, 1.807) is 0 Å². The van der Waals surface area contributed by atoms with Crippen LogP contribution in [-0.4, -0.2) is 51.9 Å². The number of alkyl halides is 1. The van der Waals surface area contributed by atoms with Gasteiger partial charge >= 0.3 is 11.9 Å². The number of aliphatic hydroxyl groups excluding tert-OH is 1. The third-order valence-electron chi connectivity index (χ3n) is 5.89. The number of esters is 2. The Hall–Kier alpha value is -1.63. The zero-order valence-electron chi connectivity index (χ0n) is 14.6. The third kappa shape index (κ3) is 2.71. The van der Waals surface area contributed by atoms with Gasteiger partial charge in [-0.15, -0.1) is 11.6 Å². The number of carbonyl (C=O) groups excluding carboxylic acids is 2. The van der Waals surface area contributed by atoms with Crippen molar-refractivity contribution in [2.45, 2.75) is 43.7 Å². The molecule has 2 N–H and O–H groups in total. The molecule has 7 heteroatoms. The minimum Gasteiger partial charge on any atom is -0.458 e. The summed E-state index contributed by atoms with van der Waals surface area (Å²) in [4.78, 5) is 24.3. The predicted molar refractivity (Wildman–Crippen MR) is 94.2 cm³/mol. The van der Waals surface area contributed by atoms with Crippen molar-refractivity contribution in [2.24, 2.45) is 17.8 Å². The molecule has 26 heavy (non-hydrogen) atoms. The van der Waals surface area contributed by atoms with Crippen molar-refractivity contribution in [2.75, 3.05) is 5.88 Å². The fourth-order valence-corrected chi connectivity index (χ4v) is 4.86. The molecule has 142 valence electrons. The summed E-state index contributed by atoms with van der Waals surface area (Å²) < 4.78 is 11.1. The van der Waals surface area contributed by atoms with Crippen molar-refractivity contribution in [3.05, 3.63) is 36.5 Å². The van der Waals surface area contributed by atoms with Crippen LogP contribution in [0, 0.1) is 17.8 Å². The Balaban J connectivity index is 2.04. The van der Waals surface area contributed by atoms with E-state index < -0.39 is 47.7 Å². The number of rotatable bonds is 3. The summed E-state index contributed by atoms with van der Waals surface area (Å²) in [5.41, 5.74) is -0.495. The molecule has 0 bridgehead atoms.